The maximum absolute atomic E-state index is 10.7. The number of carbonyl (C=O) groups excluding carboxylic acids is 3. The van der Waals surface area contributed by atoms with Crippen LogP contribution in [0.4, 0.5) is 50.4 Å². The van der Waals surface area contributed by atoms with E-state index in [0.717, 1.165) is 22.8 Å². The van der Waals surface area contributed by atoms with Crippen molar-refractivity contribution in [2.75, 3.05) is 6.79 Å². The molecule has 468 valence electrons. The van der Waals surface area contributed by atoms with Crippen LogP contribution >= 0.6 is 15.6 Å². The molecule has 10 aromatic rings. The quantitative estimate of drug-likeness (QED) is 0.0414. The average Bonchev–Trinajstić information content (AvgIpc) is 3.07. The third kappa shape index (κ3) is 34.7. The van der Waals surface area contributed by atoms with Gasteiger partial charge in [0.25, 0.3) is 6.47 Å². The summed E-state index contributed by atoms with van der Waals surface area (Å²) in [4.78, 5) is 80.6. The standard InChI is InChI=1S/C12H10N2O4.C12H8N2O4.2C10H8N2.C8H6N4.2F6P.2Ru/c2*15-7-18-9-2-4-14-11(6-9)10-5-8(12(16)17)1-3-13-10;2*1-3-7-11-9(5-1)10-6-2-4-8-12-10;1-3-9-7(10-4-1)8-11-5-2-6-12-8;2*1-7(2,3,4,5)6;;/h1-6,15H,7H2,(H,16,17);1-7H,(H,16,17);2*1-8H;1-6H;;;;/q;;;;;2*-1;;/p-2. The molecule has 0 fully saturated rings. The van der Waals surface area contributed by atoms with Gasteiger partial charge in [-0.3, -0.25) is 44.7 Å². The number of aromatic carboxylic acids is 2. The van der Waals surface area contributed by atoms with Crippen molar-refractivity contribution in [2.24, 2.45) is 0 Å². The fraction of sp³-hybridized carbons (Fsp3) is 0.0192. The molecular formula is C52H38F12N12O8P2Ru2-4. The van der Waals surface area contributed by atoms with E-state index in [1.807, 2.05) is 72.8 Å². The molecule has 0 aliphatic heterocycles. The number of halogens is 12. The first-order valence-corrected chi connectivity index (χ1v) is 27.2. The molecular weight excluding hydrogens is 1410 g/mol. The molecule has 88 heavy (non-hydrogen) atoms. The Morgan fingerprint density at radius 1 is 0.375 bits per heavy atom. The van der Waals surface area contributed by atoms with Crippen LogP contribution in [0.25, 0.3) is 57.2 Å². The fourth-order valence-corrected chi connectivity index (χ4v) is 5.68. The van der Waals surface area contributed by atoms with Crippen molar-refractivity contribution in [1.29, 1.82) is 0 Å². The normalized spacial score (nSPS) is 11.7. The Balaban J connectivity index is 0.000000357. The first kappa shape index (κ1) is 74.9. The van der Waals surface area contributed by atoms with E-state index in [1.165, 1.54) is 61.2 Å². The van der Waals surface area contributed by atoms with Crippen LogP contribution in [-0.2, 0) is 43.8 Å². The van der Waals surface area contributed by atoms with Crippen LogP contribution in [0.2, 0.25) is 0 Å². The maximum atomic E-state index is 10.7. The Bertz CT molecular complexity index is 3410. The second-order valence-electron chi connectivity index (χ2n) is 15.6. The molecule has 0 aliphatic carbocycles. The summed E-state index contributed by atoms with van der Waals surface area (Å²) in [7, 11) is -21.3. The molecule has 0 amide bonds. The molecule has 10 heterocycles. The summed E-state index contributed by atoms with van der Waals surface area (Å²) in [5.74, 6) is -0.740. The molecule has 0 bridgehead atoms. The number of hydrogen-bond donors (Lipinski definition) is 1. The predicted octanol–water partition coefficient (Wildman–Crippen LogP) is 11.9. The number of carboxylic acid groups (broad SMARTS) is 2. The van der Waals surface area contributed by atoms with Crippen molar-refractivity contribution in [2.45, 2.75) is 0 Å². The van der Waals surface area contributed by atoms with Crippen LogP contribution < -0.4 is 19.7 Å². The van der Waals surface area contributed by atoms with E-state index < -0.39 is 34.3 Å². The van der Waals surface area contributed by atoms with E-state index in [2.05, 4.69) is 64.5 Å². The van der Waals surface area contributed by atoms with Crippen LogP contribution in [0.3, 0.4) is 0 Å². The molecule has 0 saturated heterocycles. The molecule has 0 saturated carbocycles. The van der Waals surface area contributed by atoms with Crippen LogP contribution in [0.1, 0.15) is 20.7 Å². The summed E-state index contributed by atoms with van der Waals surface area (Å²) in [6.07, 6.45) is 19.4. The zero-order valence-electron chi connectivity index (χ0n) is 43.7. The molecule has 0 radical (unpaired) electrons. The Morgan fingerprint density at radius 3 is 0.909 bits per heavy atom. The zero-order chi connectivity index (χ0) is 63.4. The smallest absolute Gasteiger partial charge is 0.298 e. The number of aliphatic hydroxyl groups excluding tert-OH is 1. The van der Waals surface area contributed by atoms with Gasteiger partial charge in [0.05, 0.1) is 57.5 Å². The Labute approximate surface area is 514 Å². The predicted molar refractivity (Wildman–Crippen MR) is 283 cm³/mol. The average molecular weight is 1450 g/mol. The van der Waals surface area contributed by atoms with E-state index in [0.29, 0.717) is 52.4 Å². The second-order valence-corrected chi connectivity index (χ2v) is 19.4. The number of nitrogens with zero attached hydrogens (tertiary/aromatic N) is 12. The second kappa shape index (κ2) is 32.5. The SMILES string of the molecule is F[P-](F)(F)(F)(F)F.F[P-](F)(F)(F)(F)F.O=C([O-])c1ccnc(-c2cc(OCO)ccn2)c1.O=COc1ccnc(-c2cc(C(=O)[O-])ccn2)c1.[Ru].[Ru].c1ccc(-c2ccccn2)nc1.c1ccc(-c2ccccn2)nc1.c1cnc(-c2ncccn2)nc1. The van der Waals surface area contributed by atoms with Gasteiger partial charge in [-0.25, -0.2) is 19.9 Å². The van der Waals surface area contributed by atoms with Gasteiger partial charge in [0, 0.05) is 137 Å². The van der Waals surface area contributed by atoms with Crippen molar-refractivity contribution in [3.8, 4) is 68.7 Å². The van der Waals surface area contributed by atoms with E-state index in [-0.39, 0.29) is 50.1 Å². The monoisotopic (exact) mass is 1450 g/mol. The van der Waals surface area contributed by atoms with Gasteiger partial charge in [0.15, 0.2) is 18.4 Å². The van der Waals surface area contributed by atoms with Gasteiger partial charge in [0.2, 0.25) is 0 Å². The molecule has 0 atom stereocenters. The topological polar surface area (TPSA) is 291 Å². The minimum absolute atomic E-state index is 0. The van der Waals surface area contributed by atoms with E-state index >= 15 is 0 Å². The van der Waals surface area contributed by atoms with E-state index in [4.69, 9.17) is 9.84 Å². The van der Waals surface area contributed by atoms with E-state index in [1.54, 1.807) is 73.8 Å². The summed E-state index contributed by atoms with van der Waals surface area (Å²) in [6.45, 7) is -0.153. The molecule has 0 unspecified atom stereocenters. The van der Waals surface area contributed by atoms with Gasteiger partial charge in [0.1, 0.15) is 11.5 Å². The third-order valence-corrected chi connectivity index (χ3v) is 8.91. The summed E-state index contributed by atoms with van der Waals surface area (Å²) in [5, 5.41) is 30.1. The molecule has 0 aromatic carbocycles. The minimum Gasteiger partial charge on any atom is -0.545 e. The van der Waals surface area contributed by atoms with Gasteiger partial charge >= 0.3 is 66.0 Å². The van der Waals surface area contributed by atoms with E-state index in [9.17, 15) is 75.0 Å². The first-order valence-electron chi connectivity index (χ1n) is 23.1. The Morgan fingerprint density at radius 2 is 0.636 bits per heavy atom. The number of carbonyl (C=O) groups is 3. The molecule has 20 nitrogen and oxygen atoms in total. The fourth-order valence-electron chi connectivity index (χ4n) is 5.68. The molecule has 10 rings (SSSR count). The van der Waals surface area contributed by atoms with Crippen molar-refractivity contribution in [3.05, 3.63) is 219 Å². The van der Waals surface area contributed by atoms with Crippen LogP contribution in [-0.4, -0.2) is 90.1 Å². The van der Waals surface area contributed by atoms with Gasteiger partial charge < -0.3 is 34.4 Å². The zero-order valence-corrected chi connectivity index (χ0v) is 49.0. The van der Waals surface area contributed by atoms with Crippen molar-refractivity contribution < 1.29 is 128 Å². The van der Waals surface area contributed by atoms with Crippen LogP contribution in [0, 0.1) is 0 Å². The third-order valence-electron chi connectivity index (χ3n) is 8.91. The summed E-state index contributed by atoms with van der Waals surface area (Å²) in [6, 6.07) is 38.2. The molecule has 0 aliphatic rings. The largest absolute Gasteiger partial charge is 0.545 e. The number of ether oxygens (including phenoxy) is 2. The van der Waals surface area contributed by atoms with Crippen LogP contribution in [0.15, 0.2) is 208 Å². The number of pyridine rings is 8. The summed E-state index contributed by atoms with van der Waals surface area (Å²) in [5.41, 5.74) is 5.28. The molecule has 10 aromatic heterocycles. The van der Waals surface area contributed by atoms with Crippen molar-refractivity contribution in [1.82, 2.24) is 59.8 Å². The maximum Gasteiger partial charge on any atom is 0.298 e. The molecule has 1 N–H and O–H groups in total. The van der Waals surface area contributed by atoms with Crippen molar-refractivity contribution >= 4 is 34.0 Å². The van der Waals surface area contributed by atoms with Gasteiger partial charge in [-0.2, -0.15) is 0 Å². The summed E-state index contributed by atoms with van der Waals surface area (Å²) >= 11 is 0. The number of aromatic nitrogens is 12. The Hall–Kier alpha value is -9.20. The van der Waals surface area contributed by atoms with Gasteiger partial charge in [-0.05, 0) is 97.1 Å². The number of hydrogen-bond acceptors (Lipinski definition) is 20. The number of aliphatic hydroxyl groups is 1. The summed E-state index contributed by atoms with van der Waals surface area (Å²) < 4.78 is 128. The van der Waals surface area contributed by atoms with Gasteiger partial charge in [-0.15, -0.1) is 0 Å². The molecule has 36 heteroatoms. The first-order chi connectivity index (χ1) is 40.2. The minimum atomic E-state index is -10.7. The Kier molecular flexibility index (Phi) is 27.7. The number of carboxylic acids is 2. The number of rotatable bonds is 11. The molecule has 0 spiro atoms. The van der Waals surface area contributed by atoms with Gasteiger partial charge in [-0.1, -0.05) is 24.3 Å². The van der Waals surface area contributed by atoms with Crippen molar-refractivity contribution in [3.63, 3.8) is 0 Å². The van der Waals surface area contributed by atoms with Crippen LogP contribution in [0.5, 0.6) is 11.5 Å².